The average molecular weight is 479 g/mol. The summed E-state index contributed by atoms with van der Waals surface area (Å²) >= 11 is 0. The highest BCUT2D eigenvalue weighted by Crippen LogP contribution is 2.34. The van der Waals surface area contributed by atoms with Crippen molar-refractivity contribution in [2.75, 3.05) is 6.61 Å². The van der Waals surface area contributed by atoms with Crippen molar-refractivity contribution in [2.24, 2.45) is 5.92 Å². The molecule has 4 atom stereocenters. The Balaban J connectivity index is 2.50. The lowest BCUT2D eigenvalue weighted by molar-refractivity contribution is -0.153. The summed E-state index contributed by atoms with van der Waals surface area (Å²) in [5.74, 6) is -3.47. The summed E-state index contributed by atoms with van der Waals surface area (Å²) in [7, 11) is 0. The number of carbonyl (C=O) groups is 3. The van der Waals surface area contributed by atoms with E-state index in [0.717, 1.165) is 21.6 Å². The standard InChI is InChI=1S/C27H42N2O5/c1-16(2)15-34-26(33)22(14-19(5)21-10-9-17(3)18(4)13-21)28-20(6)24(30)29-23(25(31)32)11-12-27(29,7)8/h9-10,13,16,19-20,22-23,28H,11-12,14-15H2,1-8H3,(H,31,32)/t19?,20-,22-,23-/m0/s1/i6D3,20D. The zero-order valence-electron chi connectivity index (χ0n) is 25.4. The Morgan fingerprint density at radius 2 is 1.94 bits per heavy atom. The van der Waals surface area contributed by atoms with Gasteiger partial charge in [-0.2, -0.15) is 0 Å². The number of carboxylic acids is 1. The van der Waals surface area contributed by atoms with Crippen LogP contribution in [-0.4, -0.2) is 58.1 Å². The van der Waals surface area contributed by atoms with Gasteiger partial charge in [-0.1, -0.05) is 39.0 Å². The van der Waals surface area contributed by atoms with E-state index in [9.17, 15) is 19.5 Å². The molecule has 0 aromatic heterocycles. The highest BCUT2D eigenvalue weighted by atomic mass is 16.5. The molecule has 7 heteroatoms. The highest BCUT2D eigenvalue weighted by Gasteiger charge is 2.47. The van der Waals surface area contributed by atoms with Gasteiger partial charge in [-0.25, -0.2) is 4.79 Å². The summed E-state index contributed by atoms with van der Waals surface area (Å²) in [4.78, 5) is 39.9. The lowest BCUT2D eigenvalue weighted by Gasteiger charge is -2.37. The van der Waals surface area contributed by atoms with Crippen LogP contribution in [0.4, 0.5) is 0 Å². The fourth-order valence-electron chi connectivity index (χ4n) is 4.29. The van der Waals surface area contributed by atoms with Gasteiger partial charge in [-0.15, -0.1) is 0 Å². The fourth-order valence-corrected chi connectivity index (χ4v) is 4.29. The minimum atomic E-state index is -3.22. The number of carbonyl (C=O) groups excluding carboxylic acids is 2. The summed E-state index contributed by atoms with van der Waals surface area (Å²) in [6.45, 7) is 9.70. The fraction of sp³-hybridized carbons (Fsp3) is 0.667. The van der Waals surface area contributed by atoms with Crippen molar-refractivity contribution in [3.63, 3.8) is 0 Å². The predicted octanol–water partition coefficient (Wildman–Crippen LogP) is 4.20. The van der Waals surface area contributed by atoms with E-state index >= 15 is 0 Å². The number of ether oxygens (including phenoxy) is 1. The largest absolute Gasteiger partial charge is 0.480 e. The topological polar surface area (TPSA) is 95.9 Å². The highest BCUT2D eigenvalue weighted by molar-refractivity contribution is 5.88. The number of hydrogen-bond donors (Lipinski definition) is 2. The molecule has 190 valence electrons. The first-order valence-corrected chi connectivity index (χ1v) is 11.9. The Bertz CT molecular complexity index is 1040. The van der Waals surface area contributed by atoms with Crippen LogP contribution in [0, 0.1) is 19.8 Å². The SMILES string of the molecule is [2H]C([2H])([2H])[C@]([2H])(N[C@@H](CC(C)c1ccc(C)c(C)c1)C(=O)OCC(C)C)C(=O)N1[C@H](C(=O)O)CCC1(C)C. The average Bonchev–Trinajstić information content (AvgIpc) is 3.12. The maximum Gasteiger partial charge on any atom is 0.326 e. The molecule has 7 nitrogen and oxygen atoms in total. The van der Waals surface area contributed by atoms with Gasteiger partial charge in [0.15, 0.2) is 0 Å². The molecule has 0 spiro atoms. The molecule has 1 fully saturated rings. The summed E-state index contributed by atoms with van der Waals surface area (Å²) in [5, 5.41) is 12.3. The number of amides is 1. The molecule has 34 heavy (non-hydrogen) atoms. The van der Waals surface area contributed by atoms with Crippen LogP contribution < -0.4 is 5.32 Å². The number of likely N-dealkylation sites (tertiary alicyclic amines) is 1. The number of hydrogen-bond acceptors (Lipinski definition) is 5. The zero-order chi connectivity index (χ0) is 29.2. The minimum Gasteiger partial charge on any atom is -0.480 e. The molecule has 1 aromatic carbocycles. The third-order valence-corrected chi connectivity index (χ3v) is 6.56. The number of nitrogens with one attached hydrogen (secondary N) is 1. The van der Waals surface area contributed by atoms with E-state index in [-0.39, 0.29) is 31.3 Å². The van der Waals surface area contributed by atoms with E-state index in [4.69, 9.17) is 10.2 Å². The first-order chi connectivity index (χ1) is 17.3. The molecule has 1 unspecified atom stereocenters. The third-order valence-electron chi connectivity index (χ3n) is 6.56. The van der Waals surface area contributed by atoms with Crippen LogP contribution in [-0.2, 0) is 19.1 Å². The van der Waals surface area contributed by atoms with E-state index < -0.39 is 48.3 Å². The molecular weight excluding hydrogens is 432 g/mol. The Labute approximate surface area is 209 Å². The van der Waals surface area contributed by atoms with Gasteiger partial charge in [0.1, 0.15) is 12.1 Å². The minimum absolute atomic E-state index is 0.0171. The van der Waals surface area contributed by atoms with Gasteiger partial charge in [0, 0.05) is 9.65 Å². The molecule has 0 saturated carbocycles. The van der Waals surface area contributed by atoms with E-state index in [0.29, 0.717) is 6.42 Å². The molecule has 0 aliphatic carbocycles. The Morgan fingerprint density at radius 1 is 1.26 bits per heavy atom. The van der Waals surface area contributed by atoms with Crippen molar-refractivity contribution in [3.05, 3.63) is 34.9 Å². The molecule has 2 rings (SSSR count). The van der Waals surface area contributed by atoms with Crippen LogP contribution in [0.25, 0.3) is 0 Å². The summed E-state index contributed by atoms with van der Waals surface area (Å²) in [6.07, 6.45) is 0.528. The van der Waals surface area contributed by atoms with Crippen molar-refractivity contribution in [3.8, 4) is 0 Å². The normalized spacial score (nSPS) is 23.2. The van der Waals surface area contributed by atoms with E-state index in [1.807, 2.05) is 52.8 Å². The van der Waals surface area contributed by atoms with Crippen LogP contribution in [0.1, 0.15) is 88.8 Å². The molecule has 0 bridgehead atoms. The number of carboxylic acid groups (broad SMARTS) is 1. The number of aliphatic carboxylic acids is 1. The Hall–Kier alpha value is -2.41. The quantitative estimate of drug-likeness (QED) is 0.490. The number of rotatable bonds is 10. The second kappa shape index (κ2) is 11.3. The summed E-state index contributed by atoms with van der Waals surface area (Å²) < 4.78 is 38.7. The molecule has 1 aliphatic heterocycles. The molecule has 2 N–H and O–H groups in total. The molecular formula is C27H42N2O5. The van der Waals surface area contributed by atoms with Crippen molar-refractivity contribution in [1.29, 1.82) is 0 Å². The van der Waals surface area contributed by atoms with Crippen molar-refractivity contribution >= 4 is 17.8 Å². The van der Waals surface area contributed by atoms with Crippen molar-refractivity contribution < 1.29 is 29.7 Å². The maximum absolute atomic E-state index is 13.8. The molecule has 1 heterocycles. The maximum atomic E-state index is 13.8. The van der Waals surface area contributed by atoms with Gasteiger partial charge in [0.25, 0.3) is 0 Å². The second-order valence-corrected chi connectivity index (χ2v) is 10.5. The van der Waals surface area contributed by atoms with Crippen LogP contribution in [0.3, 0.4) is 0 Å². The van der Waals surface area contributed by atoms with Gasteiger partial charge in [0.05, 0.1) is 14.0 Å². The van der Waals surface area contributed by atoms with Crippen molar-refractivity contribution in [1.82, 2.24) is 10.2 Å². The summed E-state index contributed by atoms with van der Waals surface area (Å²) in [6, 6.07) is 0.323. The lowest BCUT2D eigenvalue weighted by Crippen LogP contribution is -2.57. The Kier molecular flexibility index (Phi) is 7.37. The molecule has 1 amide bonds. The predicted molar refractivity (Wildman–Crippen MR) is 133 cm³/mol. The number of benzene rings is 1. The van der Waals surface area contributed by atoms with E-state index in [1.54, 1.807) is 13.8 Å². The van der Waals surface area contributed by atoms with Crippen LogP contribution in [0.2, 0.25) is 0 Å². The van der Waals surface area contributed by atoms with Crippen LogP contribution in [0.15, 0.2) is 18.2 Å². The molecule has 1 aliphatic rings. The lowest BCUT2D eigenvalue weighted by atomic mass is 9.91. The molecule has 1 saturated heterocycles. The molecule has 1 aromatic rings. The van der Waals surface area contributed by atoms with Crippen molar-refractivity contribution in [2.45, 2.75) is 104 Å². The second-order valence-electron chi connectivity index (χ2n) is 10.5. The van der Waals surface area contributed by atoms with E-state index in [2.05, 4.69) is 5.32 Å². The van der Waals surface area contributed by atoms with E-state index in [1.165, 1.54) is 0 Å². The van der Waals surface area contributed by atoms with Gasteiger partial charge in [-0.3, -0.25) is 14.9 Å². The molecule has 0 radical (unpaired) electrons. The van der Waals surface area contributed by atoms with Crippen LogP contribution >= 0.6 is 0 Å². The first kappa shape index (κ1) is 22.1. The van der Waals surface area contributed by atoms with Gasteiger partial charge < -0.3 is 14.7 Å². The Morgan fingerprint density at radius 3 is 2.50 bits per heavy atom. The van der Waals surface area contributed by atoms with Gasteiger partial charge in [0.2, 0.25) is 5.91 Å². The smallest absolute Gasteiger partial charge is 0.326 e. The summed E-state index contributed by atoms with van der Waals surface area (Å²) in [5.41, 5.74) is 2.09. The monoisotopic (exact) mass is 478 g/mol. The number of nitrogens with zero attached hydrogens (tertiary/aromatic N) is 1. The first-order valence-electron chi connectivity index (χ1n) is 13.9. The number of esters is 1. The number of aryl methyl sites for hydroxylation is 2. The van der Waals surface area contributed by atoms with Crippen LogP contribution in [0.5, 0.6) is 0 Å². The zero-order valence-corrected chi connectivity index (χ0v) is 21.4. The van der Waals surface area contributed by atoms with Gasteiger partial charge in [-0.05, 0) is 82.3 Å². The van der Waals surface area contributed by atoms with Gasteiger partial charge >= 0.3 is 11.9 Å². The third kappa shape index (κ3) is 6.81.